The molecule has 1 heteroatoms. The Labute approximate surface area is 75.1 Å². The van der Waals surface area contributed by atoms with Crippen LogP contribution in [0.15, 0.2) is 36.0 Å². The van der Waals surface area contributed by atoms with E-state index in [0.29, 0.717) is 0 Å². The third-order valence-corrected chi connectivity index (χ3v) is 1.66. The molecule has 0 heterocycles. The van der Waals surface area contributed by atoms with Crippen LogP contribution in [0.25, 0.3) is 0 Å². The zero-order valence-corrected chi connectivity index (χ0v) is 8.01. The minimum atomic E-state index is 0.104. The molecule has 0 rings (SSSR count). The Morgan fingerprint density at radius 2 is 2.08 bits per heavy atom. The molecule has 0 saturated carbocycles. The molecule has 0 radical (unpaired) electrons. The van der Waals surface area contributed by atoms with Gasteiger partial charge in [0.2, 0.25) is 0 Å². The number of aliphatic hydroxyl groups is 1. The van der Waals surface area contributed by atoms with Crippen molar-refractivity contribution in [2.75, 3.05) is 6.61 Å². The van der Waals surface area contributed by atoms with Crippen LogP contribution in [0.4, 0.5) is 0 Å². The van der Waals surface area contributed by atoms with E-state index in [1.54, 1.807) is 0 Å². The zero-order chi connectivity index (χ0) is 9.40. The first-order valence-corrected chi connectivity index (χ1v) is 4.36. The van der Waals surface area contributed by atoms with Crippen molar-refractivity contribution in [3.05, 3.63) is 36.0 Å². The lowest BCUT2D eigenvalue weighted by atomic mass is 10.1. The van der Waals surface area contributed by atoms with Gasteiger partial charge in [-0.25, -0.2) is 0 Å². The van der Waals surface area contributed by atoms with E-state index in [-0.39, 0.29) is 6.61 Å². The van der Waals surface area contributed by atoms with E-state index in [2.05, 4.69) is 13.5 Å². The van der Waals surface area contributed by atoms with Gasteiger partial charge in [-0.15, -0.1) is 0 Å². The summed E-state index contributed by atoms with van der Waals surface area (Å²) in [6, 6.07) is 0. The topological polar surface area (TPSA) is 20.2 Å². The van der Waals surface area contributed by atoms with Crippen LogP contribution in [0.2, 0.25) is 0 Å². The van der Waals surface area contributed by atoms with Crippen LogP contribution in [0.1, 0.15) is 26.7 Å². The molecular formula is C11H18O. The largest absolute Gasteiger partial charge is 0.392 e. The Hall–Kier alpha value is -0.820. The van der Waals surface area contributed by atoms with E-state index in [9.17, 15) is 0 Å². The predicted octanol–water partition coefficient (Wildman–Crippen LogP) is 2.84. The standard InChI is InChI=1S/C11H18O/c1-4-6-10(3)7-8-11(5-2)9-12/h5,7-8,12H,3-4,6,9H2,1-2H3. The maximum atomic E-state index is 8.82. The van der Waals surface area contributed by atoms with Gasteiger partial charge in [-0.3, -0.25) is 0 Å². The van der Waals surface area contributed by atoms with Gasteiger partial charge in [-0.2, -0.15) is 0 Å². The maximum absolute atomic E-state index is 8.82. The van der Waals surface area contributed by atoms with E-state index in [1.165, 1.54) is 0 Å². The fourth-order valence-corrected chi connectivity index (χ4v) is 0.870. The van der Waals surface area contributed by atoms with Gasteiger partial charge in [-0.1, -0.05) is 43.7 Å². The minimum Gasteiger partial charge on any atom is -0.392 e. The molecule has 0 aliphatic heterocycles. The zero-order valence-electron chi connectivity index (χ0n) is 8.01. The third kappa shape index (κ3) is 4.91. The molecule has 0 bridgehead atoms. The molecule has 0 fully saturated rings. The number of rotatable bonds is 5. The van der Waals surface area contributed by atoms with Gasteiger partial charge in [0, 0.05) is 0 Å². The smallest absolute Gasteiger partial charge is 0.0678 e. The van der Waals surface area contributed by atoms with Crippen molar-refractivity contribution in [3.8, 4) is 0 Å². The van der Waals surface area contributed by atoms with Crippen LogP contribution in [0, 0.1) is 0 Å². The quantitative estimate of drug-likeness (QED) is 0.623. The second-order valence-electron chi connectivity index (χ2n) is 2.76. The second kappa shape index (κ2) is 6.86. The molecule has 0 aromatic carbocycles. The Balaban J connectivity index is 3.96. The van der Waals surface area contributed by atoms with Crippen LogP contribution < -0.4 is 0 Å². The summed E-state index contributed by atoms with van der Waals surface area (Å²) in [6.07, 6.45) is 7.93. The number of hydrogen-bond donors (Lipinski definition) is 1. The average Bonchev–Trinajstić information content (AvgIpc) is 2.07. The molecule has 1 N–H and O–H groups in total. The maximum Gasteiger partial charge on any atom is 0.0678 e. The average molecular weight is 166 g/mol. The molecule has 0 unspecified atom stereocenters. The fraction of sp³-hybridized carbons (Fsp3) is 0.455. The van der Waals surface area contributed by atoms with Crippen molar-refractivity contribution in [2.45, 2.75) is 26.7 Å². The molecule has 0 aromatic heterocycles. The molecule has 0 aliphatic carbocycles. The second-order valence-corrected chi connectivity index (χ2v) is 2.76. The molecule has 0 saturated heterocycles. The Morgan fingerprint density at radius 3 is 2.50 bits per heavy atom. The number of hydrogen-bond acceptors (Lipinski definition) is 1. The molecule has 0 spiro atoms. The summed E-state index contributed by atoms with van der Waals surface area (Å²) in [4.78, 5) is 0. The van der Waals surface area contributed by atoms with Crippen molar-refractivity contribution in [3.63, 3.8) is 0 Å². The highest BCUT2D eigenvalue weighted by Crippen LogP contribution is 2.05. The van der Waals surface area contributed by atoms with Crippen LogP contribution >= 0.6 is 0 Å². The molecule has 1 nitrogen and oxygen atoms in total. The SMILES string of the molecule is C=C(C=CC(=CC)CO)CCC. The number of allylic oxidation sites excluding steroid dienone is 3. The summed E-state index contributed by atoms with van der Waals surface area (Å²) in [7, 11) is 0. The van der Waals surface area contributed by atoms with Gasteiger partial charge in [0.25, 0.3) is 0 Å². The molecule has 0 aromatic rings. The van der Waals surface area contributed by atoms with Gasteiger partial charge >= 0.3 is 0 Å². The lowest BCUT2D eigenvalue weighted by Gasteiger charge is -1.96. The van der Waals surface area contributed by atoms with Gasteiger partial charge in [-0.05, 0) is 18.9 Å². The molecule has 68 valence electrons. The van der Waals surface area contributed by atoms with Crippen LogP contribution in [0.3, 0.4) is 0 Å². The summed E-state index contributed by atoms with van der Waals surface area (Å²) < 4.78 is 0. The number of aliphatic hydroxyl groups excluding tert-OH is 1. The van der Waals surface area contributed by atoms with Gasteiger partial charge in [0.1, 0.15) is 0 Å². The molecule has 0 atom stereocenters. The van der Waals surface area contributed by atoms with Gasteiger partial charge in [0.15, 0.2) is 0 Å². The van der Waals surface area contributed by atoms with Crippen molar-refractivity contribution >= 4 is 0 Å². The monoisotopic (exact) mass is 166 g/mol. The Morgan fingerprint density at radius 1 is 1.42 bits per heavy atom. The van der Waals surface area contributed by atoms with Crippen molar-refractivity contribution in [1.82, 2.24) is 0 Å². The van der Waals surface area contributed by atoms with E-state index in [1.807, 2.05) is 25.2 Å². The van der Waals surface area contributed by atoms with E-state index < -0.39 is 0 Å². The van der Waals surface area contributed by atoms with Crippen LogP contribution in [-0.2, 0) is 0 Å². The highest BCUT2D eigenvalue weighted by molar-refractivity contribution is 5.25. The minimum absolute atomic E-state index is 0.104. The van der Waals surface area contributed by atoms with E-state index >= 15 is 0 Å². The van der Waals surface area contributed by atoms with E-state index in [0.717, 1.165) is 24.0 Å². The molecule has 0 amide bonds. The molecule has 0 aliphatic rings. The highest BCUT2D eigenvalue weighted by atomic mass is 16.3. The molecular weight excluding hydrogens is 148 g/mol. The van der Waals surface area contributed by atoms with E-state index in [4.69, 9.17) is 5.11 Å². The lowest BCUT2D eigenvalue weighted by molar-refractivity contribution is 0.335. The van der Waals surface area contributed by atoms with Gasteiger partial charge in [0.05, 0.1) is 6.61 Å². The van der Waals surface area contributed by atoms with Crippen molar-refractivity contribution < 1.29 is 5.11 Å². The van der Waals surface area contributed by atoms with Crippen LogP contribution in [-0.4, -0.2) is 11.7 Å². The fourth-order valence-electron chi connectivity index (χ4n) is 0.870. The highest BCUT2D eigenvalue weighted by Gasteiger charge is 1.88. The predicted molar refractivity (Wildman–Crippen MR) is 54.0 cm³/mol. The summed E-state index contributed by atoms with van der Waals surface area (Å²) in [5.74, 6) is 0. The lowest BCUT2D eigenvalue weighted by Crippen LogP contribution is -1.85. The van der Waals surface area contributed by atoms with Crippen LogP contribution in [0.5, 0.6) is 0 Å². The summed E-state index contributed by atoms with van der Waals surface area (Å²) in [6.45, 7) is 8.03. The first-order chi connectivity index (χ1) is 5.74. The summed E-state index contributed by atoms with van der Waals surface area (Å²) in [5.41, 5.74) is 2.05. The van der Waals surface area contributed by atoms with Gasteiger partial charge < -0.3 is 5.11 Å². The third-order valence-electron chi connectivity index (χ3n) is 1.66. The van der Waals surface area contributed by atoms with Crippen molar-refractivity contribution in [2.24, 2.45) is 0 Å². The normalized spacial score (nSPS) is 12.4. The van der Waals surface area contributed by atoms with Crippen molar-refractivity contribution in [1.29, 1.82) is 0 Å². The first kappa shape index (κ1) is 11.2. The Kier molecular flexibility index (Phi) is 6.39. The summed E-state index contributed by atoms with van der Waals surface area (Å²) >= 11 is 0. The summed E-state index contributed by atoms with van der Waals surface area (Å²) in [5, 5.41) is 8.82. The molecule has 12 heavy (non-hydrogen) atoms. The first-order valence-electron chi connectivity index (χ1n) is 4.36. The Bertz CT molecular complexity index is 187.